The van der Waals surface area contributed by atoms with E-state index < -0.39 is 34.0 Å². The smallest absolute Gasteiger partial charge is 0.392 e. The molecule has 1 atom stereocenters. The molecule has 194 valence electrons. The fourth-order valence-corrected chi connectivity index (χ4v) is 4.78. The molecule has 0 radical (unpaired) electrons. The number of hydrogen-bond donors (Lipinski definition) is 2. The predicted octanol–water partition coefficient (Wildman–Crippen LogP) is 5.82. The lowest BCUT2D eigenvalue weighted by atomic mass is 10.0. The Morgan fingerprint density at radius 2 is 1.65 bits per heavy atom. The van der Waals surface area contributed by atoms with Crippen molar-refractivity contribution >= 4 is 10.8 Å². The van der Waals surface area contributed by atoms with Crippen molar-refractivity contribution in [1.82, 2.24) is 9.55 Å². The Morgan fingerprint density at radius 3 is 2.24 bits per heavy atom. The van der Waals surface area contributed by atoms with Crippen molar-refractivity contribution in [1.29, 1.82) is 0 Å². The van der Waals surface area contributed by atoms with E-state index in [9.17, 15) is 27.6 Å². The Hall–Kier alpha value is -3.34. The standard InChI is InChI=1S/C27H24F4N2O3S/c1-26(2,35)24-14-33(25(32-24)19-6-4-5-7-20(19)27(29,30)31)22-11-10-16(12-21(22)28)17-8-9-18(15-34)23(13-17)37(3)36/h4-14,34-35H,15H2,1-3H3/t37-/m1/s1. The van der Waals surface area contributed by atoms with Crippen molar-refractivity contribution in [2.75, 3.05) is 6.26 Å². The van der Waals surface area contributed by atoms with Crippen LogP contribution in [0.4, 0.5) is 17.6 Å². The van der Waals surface area contributed by atoms with Crippen LogP contribution in [0.1, 0.15) is 30.7 Å². The average Bonchev–Trinajstić information content (AvgIpc) is 3.28. The number of aromatic nitrogens is 2. The maximum Gasteiger partial charge on any atom is 0.417 e. The third-order valence-corrected chi connectivity index (χ3v) is 6.89. The molecule has 10 heteroatoms. The third kappa shape index (κ3) is 5.36. The number of rotatable bonds is 6. The number of aliphatic hydroxyl groups is 2. The minimum atomic E-state index is -4.68. The first-order valence-corrected chi connectivity index (χ1v) is 12.7. The fourth-order valence-electron chi connectivity index (χ4n) is 3.99. The van der Waals surface area contributed by atoms with E-state index in [4.69, 9.17) is 0 Å². The number of halogens is 4. The Balaban J connectivity index is 1.88. The molecule has 4 rings (SSSR count). The highest BCUT2D eigenvalue weighted by Gasteiger charge is 2.35. The van der Waals surface area contributed by atoms with Gasteiger partial charge in [0.05, 0.1) is 34.4 Å². The zero-order valence-corrected chi connectivity index (χ0v) is 21.0. The lowest BCUT2D eigenvalue weighted by Gasteiger charge is -2.15. The van der Waals surface area contributed by atoms with E-state index in [-0.39, 0.29) is 29.4 Å². The molecule has 3 aromatic carbocycles. The van der Waals surface area contributed by atoms with Gasteiger partial charge in [-0.3, -0.25) is 8.78 Å². The Morgan fingerprint density at radius 1 is 1.00 bits per heavy atom. The van der Waals surface area contributed by atoms with Gasteiger partial charge in [-0.2, -0.15) is 13.2 Å². The zero-order valence-electron chi connectivity index (χ0n) is 20.2. The van der Waals surface area contributed by atoms with Gasteiger partial charge in [-0.25, -0.2) is 9.37 Å². The van der Waals surface area contributed by atoms with Gasteiger partial charge in [-0.1, -0.05) is 36.4 Å². The van der Waals surface area contributed by atoms with Crippen LogP contribution in [-0.4, -0.2) is 30.2 Å². The molecule has 2 N–H and O–H groups in total. The number of benzene rings is 3. The molecular weight excluding hydrogens is 508 g/mol. The van der Waals surface area contributed by atoms with Gasteiger partial charge in [0.2, 0.25) is 0 Å². The Bertz CT molecular complexity index is 1490. The van der Waals surface area contributed by atoms with E-state index in [0.717, 1.165) is 6.07 Å². The van der Waals surface area contributed by atoms with Crippen LogP contribution < -0.4 is 0 Å². The normalized spacial score (nSPS) is 13.1. The van der Waals surface area contributed by atoms with Crippen LogP contribution in [0.3, 0.4) is 0 Å². The highest BCUT2D eigenvalue weighted by atomic mass is 32.2. The maximum absolute atomic E-state index is 15.5. The van der Waals surface area contributed by atoms with E-state index in [2.05, 4.69) is 4.98 Å². The Labute approximate surface area is 213 Å². The van der Waals surface area contributed by atoms with Gasteiger partial charge in [0.15, 0.2) is 0 Å². The van der Waals surface area contributed by atoms with Gasteiger partial charge in [0.1, 0.15) is 17.2 Å². The molecule has 0 spiro atoms. The Kier molecular flexibility index (Phi) is 7.11. The van der Waals surface area contributed by atoms with Crippen LogP contribution in [0.5, 0.6) is 0 Å². The van der Waals surface area contributed by atoms with Crippen molar-refractivity contribution in [3.8, 4) is 28.2 Å². The van der Waals surface area contributed by atoms with Crippen molar-refractivity contribution in [2.24, 2.45) is 0 Å². The number of imidazole rings is 1. The van der Waals surface area contributed by atoms with Gasteiger partial charge in [-0.15, -0.1) is 0 Å². The molecule has 4 aromatic rings. The number of nitrogens with zero attached hydrogens (tertiary/aromatic N) is 2. The molecule has 0 fully saturated rings. The summed E-state index contributed by atoms with van der Waals surface area (Å²) in [7, 11) is -1.39. The largest absolute Gasteiger partial charge is 0.417 e. The van der Waals surface area contributed by atoms with Gasteiger partial charge in [0.25, 0.3) is 0 Å². The van der Waals surface area contributed by atoms with Crippen LogP contribution in [0.25, 0.3) is 28.2 Å². The van der Waals surface area contributed by atoms with E-state index in [0.29, 0.717) is 21.6 Å². The number of hydrogen-bond acceptors (Lipinski definition) is 4. The molecule has 0 saturated carbocycles. The summed E-state index contributed by atoms with van der Waals surface area (Å²) < 4.78 is 70.1. The molecule has 0 amide bonds. The highest BCUT2D eigenvalue weighted by Crippen LogP contribution is 2.39. The van der Waals surface area contributed by atoms with E-state index >= 15 is 4.39 Å². The van der Waals surface area contributed by atoms with Crippen LogP contribution in [0, 0.1) is 5.82 Å². The van der Waals surface area contributed by atoms with Crippen molar-refractivity contribution in [3.05, 3.63) is 89.5 Å². The fraction of sp³-hybridized carbons (Fsp3) is 0.222. The predicted molar refractivity (Wildman–Crippen MR) is 133 cm³/mol. The SMILES string of the molecule is C[S@@](=O)c1cc(-c2ccc(-n3cc(C(C)(C)O)nc3-c3ccccc3C(F)(F)F)c(F)c2)ccc1CO. The topological polar surface area (TPSA) is 75.4 Å². The van der Waals surface area contributed by atoms with Gasteiger partial charge < -0.3 is 10.2 Å². The first-order chi connectivity index (χ1) is 17.3. The minimum Gasteiger partial charge on any atom is -0.392 e. The van der Waals surface area contributed by atoms with Gasteiger partial charge in [0, 0.05) is 22.9 Å². The summed E-state index contributed by atoms with van der Waals surface area (Å²) in [5.41, 5.74) is -1.20. The molecule has 1 heterocycles. The van der Waals surface area contributed by atoms with Crippen LogP contribution in [0.2, 0.25) is 0 Å². The lowest BCUT2D eigenvalue weighted by Crippen LogP contribution is -2.15. The van der Waals surface area contributed by atoms with Crippen molar-refractivity contribution in [2.45, 2.75) is 37.1 Å². The molecule has 5 nitrogen and oxygen atoms in total. The van der Waals surface area contributed by atoms with Gasteiger partial charge in [-0.05, 0) is 54.8 Å². The van der Waals surface area contributed by atoms with Crippen LogP contribution in [0.15, 0.2) is 71.8 Å². The average molecular weight is 533 g/mol. The summed E-state index contributed by atoms with van der Waals surface area (Å²) in [6.07, 6.45) is -1.89. The monoisotopic (exact) mass is 532 g/mol. The quantitative estimate of drug-likeness (QED) is 0.307. The zero-order chi connectivity index (χ0) is 27.1. The summed E-state index contributed by atoms with van der Waals surface area (Å²) in [4.78, 5) is 4.68. The second-order valence-electron chi connectivity index (χ2n) is 9.02. The van der Waals surface area contributed by atoms with Crippen LogP contribution in [-0.2, 0) is 29.2 Å². The number of alkyl halides is 3. The molecule has 0 aliphatic heterocycles. The summed E-state index contributed by atoms with van der Waals surface area (Å²) in [6.45, 7) is 2.57. The molecule has 0 saturated heterocycles. The molecule has 37 heavy (non-hydrogen) atoms. The second-order valence-corrected chi connectivity index (χ2v) is 10.4. The van der Waals surface area contributed by atoms with Gasteiger partial charge >= 0.3 is 6.18 Å². The summed E-state index contributed by atoms with van der Waals surface area (Å²) in [5.74, 6) is -0.916. The third-order valence-electron chi connectivity index (χ3n) is 5.89. The molecule has 0 bridgehead atoms. The molecular formula is C27H24F4N2O3S. The van der Waals surface area contributed by atoms with E-state index in [1.54, 1.807) is 24.3 Å². The molecule has 0 aliphatic rings. The second kappa shape index (κ2) is 9.85. The first-order valence-electron chi connectivity index (χ1n) is 11.2. The van der Waals surface area contributed by atoms with Crippen LogP contribution >= 0.6 is 0 Å². The summed E-state index contributed by atoms with van der Waals surface area (Å²) in [6, 6.07) is 13.9. The highest BCUT2D eigenvalue weighted by molar-refractivity contribution is 7.84. The summed E-state index contributed by atoms with van der Waals surface area (Å²) >= 11 is 0. The summed E-state index contributed by atoms with van der Waals surface area (Å²) in [5, 5.41) is 20.0. The minimum absolute atomic E-state index is 0.0648. The van der Waals surface area contributed by atoms with E-state index in [1.165, 1.54) is 61.2 Å². The maximum atomic E-state index is 15.5. The van der Waals surface area contributed by atoms with Crippen molar-refractivity contribution in [3.63, 3.8) is 0 Å². The van der Waals surface area contributed by atoms with E-state index in [1.807, 2.05) is 0 Å². The lowest BCUT2D eigenvalue weighted by molar-refractivity contribution is -0.137. The first kappa shape index (κ1) is 26.7. The number of aliphatic hydroxyl groups excluding tert-OH is 1. The molecule has 0 aliphatic carbocycles. The van der Waals surface area contributed by atoms with Crippen molar-refractivity contribution < 1.29 is 32.0 Å². The molecule has 1 aromatic heterocycles. The molecule has 0 unspecified atom stereocenters.